The second-order valence-corrected chi connectivity index (χ2v) is 3.48. The molecule has 1 rings (SSSR count). The Bertz CT molecular complexity index is 377. The zero-order valence-electron chi connectivity index (χ0n) is 9.99. The van der Waals surface area contributed by atoms with Crippen LogP contribution < -0.4 is 10.5 Å². The number of carbonyl (C=O) groups excluding carboxylic acids is 1. The van der Waals surface area contributed by atoms with Crippen molar-refractivity contribution in [3.63, 3.8) is 0 Å². The number of carbonyl (C=O) groups is 1. The predicted molar refractivity (Wildman–Crippen MR) is 64.7 cm³/mol. The smallest absolute Gasteiger partial charge is 0.257 e. The van der Waals surface area contributed by atoms with Gasteiger partial charge in [0.25, 0.3) is 5.91 Å². The minimum Gasteiger partial charge on any atom is -0.491 e. The third kappa shape index (κ3) is 2.45. The first-order valence-electron chi connectivity index (χ1n) is 5.38. The first-order valence-corrected chi connectivity index (χ1v) is 5.38. The van der Waals surface area contributed by atoms with Crippen LogP contribution in [0.2, 0.25) is 0 Å². The van der Waals surface area contributed by atoms with Crippen molar-refractivity contribution >= 4 is 11.6 Å². The summed E-state index contributed by atoms with van der Waals surface area (Å²) >= 11 is 0. The van der Waals surface area contributed by atoms with Gasteiger partial charge in [0.2, 0.25) is 0 Å². The first-order chi connectivity index (χ1) is 7.61. The zero-order valence-corrected chi connectivity index (χ0v) is 9.99. The summed E-state index contributed by atoms with van der Waals surface area (Å²) in [6, 6.07) is 5.22. The fourth-order valence-corrected chi connectivity index (χ4v) is 1.38. The summed E-state index contributed by atoms with van der Waals surface area (Å²) in [5.41, 5.74) is 6.81. The number of ether oxygens (including phenoxy) is 1. The van der Waals surface area contributed by atoms with Gasteiger partial charge in [0.1, 0.15) is 0 Å². The molecule has 0 bridgehead atoms. The Hall–Kier alpha value is -1.71. The molecular weight excluding hydrogens is 204 g/mol. The van der Waals surface area contributed by atoms with E-state index in [1.807, 2.05) is 13.8 Å². The fourth-order valence-electron chi connectivity index (χ4n) is 1.38. The summed E-state index contributed by atoms with van der Waals surface area (Å²) < 4.78 is 5.41. The summed E-state index contributed by atoms with van der Waals surface area (Å²) in [6.07, 6.45) is 0. The highest BCUT2D eigenvalue weighted by Crippen LogP contribution is 2.27. The van der Waals surface area contributed by atoms with E-state index in [0.29, 0.717) is 30.2 Å². The van der Waals surface area contributed by atoms with Gasteiger partial charge >= 0.3 is 0 Å². The van der Waals surface area contributed by atoms with Gasteiger partial charge in [0.15, 0.2) is 5.75 Å². The van der Waals surface area contributed by atoms with E-state index in [2.05, 4.69) is 0 Å². The molecule has 0 atom stereocenters. The number of benzene rings is 1. The average Bonchev–Trinajstić information content (AvgIpc) is 2.30. The van der Waals surface area contributed by atoms with Crippen LogP contribution in [-0.4, -0.2) is 31.0 Å². The number of anilines is 1. The van der Waals surface area contributed by atoms with Crippen LogP contribution in [0.3, 0.4) is 0 Å². The van der Waals surface area contributed by atoms with Crippen molar-refractivity contribution in [2.75, 3.05) is 25.9 Å². The van der Waals surface area contributed by atoms with Gasteiger partial charge in [-0.15, -0.1) is 0 Å². The topological polar surface area (TPSA) is 55.6 Å². The molecule has 16 heavy (non-hydrogen) atoms. The lowest BCUT2D eigenvalue weighted by Crippen LogP contribution is -2.26. The third-order valence-corrected chi connectivity index (χ3v) is 2.39. The normalized spacial score (nSPS) is 9.94. The molecule has 0 aliphatic heterocycles. The molecule has 0 heterocycles. The Kier molecular flexibility index (Phi) is 4.17. The molecule has 0 aliphatic rings. The van der Waals surface area contributed by atoms with Crippen LogP contribution in [0, 0.1) is 0 Å². The maximum absolute atomic E-state index is 12.0. The van der Waals surface area contributed by atoms with Gasteiger partial charge in [-0.3, -0.25) is 4.79 Å². The number of rotatable bonds is 4. The first kappa shape index (κ1) is 12.4. The van der Waals surface area contributed by atoms with E-state index in [1.54, 1.807) is 30.1 Å². The predicted octanol–water partition coefficient (Wildman–Crippen LogP) is 1.76. The van der Waals surface area contributed by atoms with Crippen LogP contribution in [0.5, 0.6) is 5.75 Å². The highest BCUT2D eigenvalue weighted by Gasteiger charge is 2.17. The molecule has 0 aliphatic carbocycles. The van der Waals surface area contributed by atoms with Gasteiger partial charge in [-0.25, -0.2) is 0 Å². The van der Waals surface area contributed by atoms with Gasteiger partial charge in [0.05, 0.1) is 17.9 Å². The highest BCUT2D eigenvalue weighted by molar-refractivity contribution is 5.98. The Balaban J connectivity index is 3.12. The quantitative estimate of drug-likeness (QED) is 0.790. The fraction of sp³-hybridized carbons (Fsp3) is 0.417. The monoisotopic (exact) mass is 222 g/mol. The standard InChI is InChI=1S/C12H18N2O2/c1-4-14(3)12(15)9-7-6-8-10(13)11(9)16-5-2/h6-8H,4-5,13H2,1-3H3. The van der Waals surface area contributed by atoms with Crippen molar-refractivity contribution in [2.24, 2.45) is 0 Å². The maximum Gasteiger partial charge on any atom is 0.257 e. The molecule has 1 aromatic rings. The molecule has 0 fully saturated rings. The van der Waals surface area contributed by atoms with Crippen molar-refractivity contribution < 1.29 is 9.53 Å². The lowest BCUT2D eigenvalue weighted by Gasteiger charge is -2.17. The molecule has 1 amide bonds. The molecule has 0 saturated heterocycles. The lowest BCUT2D eigenvalue weighted by molar-refractivity contribution is 0.0798. The molecule has 0 unspecified atom stereocenters. The minimum atomic E-state index is -0.0711. The highest BCUT2D eigenvalue weighted by atomic mass is 16.5. The van der Waals surface area contributed by atoms with Crippen molar-refractivity contribution in [3.8, 4) is 5.75 Å². The van der Waals surface area contributed by atoms with Crippen LogP contribution in [0.25, 0.3) is 0 Å². The Labute approximate surface area is 96.0 Å². The summed E-state index contributed by atoms with van der Waals surface area (Å²) in [6.45, 7) is 4.93. The number of nitrogens with zero attached hydrogens (tertiary/aromatic N) is 1. The number of hydrogen-bond acceptors (Lipinski definition) is 3. The van der Waals surface area contributed by atoms with Crippen molar-refractivity contribution in [1.82, 2.24) is 4.90 Å². The van der Waals surface area contributed by atoms with Crippen LogP contribution in [0.15, 0.2) is 18.2 Å². The average molecular weight is 222 g/mol. The van der Waals surface area contributed by atoms with E-state index in [1.165, 1.54) is 0 Å². The maximum atomic E-state index is 12.0. The largest absolute Gasteiger partial charge is 0.491 e. The summed E-state index contributed by atoms with van der Waals surface area (Å²) in [5.74, 6) is 0.411. The summed E-state index contributed by atoms with van der Waals surface area (Å²) in [4.78, 5) is 13.6. The number of nitrogen functional groups attached to an aromatic ring is 1. The van der Waals surface area contributed by atoms with E-state index < -0.39 is 0 Å². The Morgan fingerprint density at radius 3 is 2.69 bits per heavy atom. The number of amides is 1. The molecule has 0 saturated carbocycles. The molecule has 0 spiro atoms. The zero-order chi connectivity index (χ0) is 12.1. The van der Waals surface area contributed by atoms with Crippen molar-refractivity contribution in [3.05, 3.63) is 23.8 Å². The van der Waals surface area contributed by atoms with E-state index >= 15 is 0 Å². The van der Waals surface area contributed by atoms with E-state index in [9.17, 15) is 4.79 Å². The van der Waals surface area contributed by atoms with Crippen LogP contribution in [0.4, 0.5) is 5.69 Å². The summed E-state index contributed by atoms with van der Waals surface area (Å²) in [5, 5.41) is 0. The molecular formula is C12H18N2O2. The molecule has 4 heteroatoms. The third-order valence-electron chi connectivity index (χ3n) is 2.39. The summed E-state index contributed by atoms with van der Waals surface area (Å²) in [7, 11) is 1.75. The lowest BCUT2D eigenvalue weighted by atomic mass is 10.1. The van der Waals surface area contributed by atoms with Gasteiger partial charge in [0, 0.05) is 13.6 Å². The second kappa shape index (κ2) is 5.39. The van der Waals surface area contributed by atoms with Crippen LogP contribution in [-0.2, 0) is 0 Å². The van der Waals surface area contributed by atoms with E-state index in [0.717, 1.165) is 0 Å². The number of nitrogens with two attached hydrogens (primary N) is 1. The van der Waals surface area contributed by atoms with Gasteiger partial charge in [-0.05, 0) is 26.0 Å². The van der Waals surface area contributed by atoms with Gasteiger partial charge in [-0.1, -0.05) is 6.07 Å². The van der Waals surface area contributed by atoms with Gasteiger partial charge < -0.3 is 15.4 Å². The van der Waals surface area contributed by atoms with E-state index in [4.69, 9.17) is 10.5 Å². The Morgan fingerprint density at radius 1 is 1.44 bits per heavy atom. The number of para-hydroxylation sites is 1. The molecule has 88 valence electrons. The van der Waals surface area contributed by atoms with Crippen molar-refractivity contribution in [2.45, 2.75) is 13.8 Å². The van der Waals surface area contributed by atoms with Crippen molar-refractivity contribution in [1.29, 1.82) is 0 Å². The molecule has 4 nitrogen and oxygen atoms in total. The SMILES string of the molecule is CCOc1c(N)cccc1C(=O)N(C)CC. The molecule has 1 aromatic carbocycles. The molecule has 2 N–H and O–H groups in total. The van der Waals surface area contributed by atoms with Gasteiger partial charge in [-0.2, -0.15) is 0 Å². The minimum absolute atomic E-state index is 0.0711. The number of hydrogen-bond donors (Lipinski definition) is 1. The van der Waals surface area contributed by atoms with Crippen LogP contribution in [0.1, 0.15) is 24.2 Å². The van der Waals surface area contributed by atoms with E-state index in [-0.39, 0.29) is 5.91 Å². The molecule has 0 radical (unpaired) electrons. The molecule has 0 aromatic heterocycles. The van der Waals surface area contributed by atoms with Crippen LogP contribution >= 0.6 is 0 Å². The second-order valence-electron chi connectivity index (χ2n) is 3.48. The Morgan fingerprint density at radius 2 is 2.12 bits per heavy atom.